The van der Waals surface area contributed by atoms with E-state index in [9.17, 15) is 14.4 Å². The predicted molar refractivity (Wildman–Crippen MR) is 49.5 cm³/mol. The summed E-state index contributed by atoms with van der Waals surface area (Å²) in [5, 5.41) is 2.39. The number of nitrogens with one attached hydrogen (secondary N) is 1. The van der Waals surface area contributed by atoms with Gasteiger partial charge in [0.25, 0.3) is 0 Å². The van der Waals surface area contributed by atoms with Crippen LogP contribution in [-0.2, 0) is 19.1 Å². The summed E-state index contributed by atoms with van der Waals surface area (Å²) in [5.41, 5.74) is 0. The fraction of sp³-hybridized carbons (Fsp3) is 0.667. The highest BCUT2D eigenvalue weighted by molar-refractivity contribution is 5.99. The molecule has 0 spiro atoms. The first-order chi connectivity index (χ1) is 6.47. The molecular weight excluding hydrogens is 186 g/mol. The number of ketones is 1. The van der Waals surface area contributed by atoms with Gasteiger partial charge in [0.15, 0.2) is 5.78 Å². The molecule has 1 atom stereocenters. The van der Waals surface area contributed by atoms with Gasteiger partial charge in [-0.05, 0) is 13.8 Å². The summed E-state index contributed by atoms with van der Waals surface area (Å²) >= 11 is 0. The Morgan fingerprint density at radius 1 is 1.36 bits per heavy atom. The largest absolute Gasteiger partial charge is 0.466 e. The Kier molecular flexibility index (Phi) is 5.52. The molecule has 0 rings (SSSR count). The lowest BCUT2D eigenvalue weighted by molar-refractivity contribution is -0.146. The maximum atomic E-state index is 11.2. The smallest absolute Gasteiger partial charge is 0.313 e. The van der Waals surface area contributed by atoms with E-state index in [0.29, 0.717) is 0 Å². The summed E-state index contributed by atoms with van der Waals surface area (Å²) in [5.74, 6) is -1.21. The van der Waals surface area contributed by atoms with Crippen molar-refractivity contribution < 1.29 is 19.1 Å². The summed E-state index contributed by atoms with van der Waals surface area (Å²) in [4.78, 5) is 32.7. The Bertz CT molecular complexity index is 237. The third-order valence-electron chi connectivity index (χ3n) is 1.53. The molecule has 1 N–H and O–H groups in total. The van der Waals surface area contributed by atoms with Crippen LogP contribution in [0.1, 0.15) is 27.2 Å². The van der Waals surface area contributed by atoms with Gasteiger partial charge >= 0.3 is 5.97 Å². The van der Waals surface area contributed by atoms with E-state index in [0.717, 1.165) is 0 Å². The Morgan fingerprint density at radius 2 is 1.93 bits per heavy atom. The summed E-state index contributed by atoms with van der Waals surface area (Å²) < 4.78 is 4.60. The van der Waals surface area contributed by atoms with Crippen molar-refractivity contribution >= 4 is 17.7 Å². The van der Waals surface area contributed by atoms with E-state index < -0.39 is 12.0 Å². The van der Waals surface area contributed by atoms with Crippen LogP contribution in [0, 0.1) is 0 Å². The van der Waals surface area contributed by atoms with E-state index in [-0.39, 0.29) is 24.7 Å². The molecule has 14 heavy (non-hydrogen) atoms. The van der Waals surface area contributed by atoms with Crippen molar-refractivity contribution in [3.63, 3.8) is 0 Å². The van der Waals surface area contributed by atoms with E-state index in [4.69, 9.17) is 0 Å². The molecule has 5 nitrogen and oxygen atoms in total. The van der Waals surface area contributed by atoms with Crippen LogP contribution in [0.5, 0.6) is 0 Å². The van der Waals surface area contributed by atoms with Crippen molar-refractivity contribution in [2.45, 2.75) is 33.2 Å². The summed E-state index contributed by atoms with van der Waals surface area (Å²) in [7, 11) is 0. The van der Waals surface area contributed by atoms with Crippen LogP contribution in [-0.4, -0.2) is 30.3 Å². The third kappa shape index (κ3) is 5.29. The minimum Gasteiger partial charge on any atom is -0.466 e. The zero-order valence-electron chi connectivity index (χ0n) is 8.62. The molecule has 1 amide bonds. The number of carbonyl (C=O) groups excluding carboxylic acids is 3. The van der Waals surface area contributed by atoms with Crippen LogP contribution in [0.2, 0.25) is 0 Å². The molecule has 0 aliphatic carbocycles. The number of Topliss-reactive ketones (excluding diaryl/α,β-unsaturated/α-hetero) is 1. The number of esters is 1. The van der Waals surface area contributed by atoms with Gasteiger partial charge in [0.05, 0.1) is 12.6 Å². The van der Waals surface area contributed by atoms with Gasteiger partial charge in [0.2, 0.25) is 5.91 Å². The fourth-order valence-corrected chi connectivity index (χ4v) is 0.893. The van der Waals surface area contributed by atoms with Gasteiger partial charge in [-0.1, -0.05) is 0 Å². The molecule has 0 aromatic rings. The number of hydrogen-bond acceptors (Lipinski definition) is 4. The minimum absolute atomic E-state index is 0.251. The molecule has 0 heterocycles. The molecular formula is C9H15NO4. The summed E-state index contributed by atoms with van der Waals surface area (Å²) in [6.07, 6.45) is -0.296. The second kappa shape index (κ2) is 6.12. The number of rotatable bonds is 5. The van der Waals surface area contributed by atoms with Crippen LogP contribution in [0.4, 0.5) is 0 Å². The molecule has 0 aliphatic rings. The van der Waals surface area contributed by atoms with E-state index in [1.807, 2.05) is 0 Å². The van der Waals surface area contributed by atoms with Crippen molar-refractivity contribution in [2.24, 2.45) is 0 Å². The maximum absolute atomic E-state index is 11.2. The Hall–Kier alpha value is -1.39. The van der Waals surface area contributed by atoms with E-state index in [2.05, 4.69) is 10.1 Å². The van der Waals surface area contributed by atoms with E-state index in [1.165, 1.54) is 13.8 Å². The molecule has 0 aromatic heterocycles. The molecule has 0 bridgehead atoms. The van der Waals surface area contributed by atoms with Gasteiger partial charge in [-0.25, -0.2) is 0 Å². The van der Waals surface area contributed by atoms with Crippen LogP contribution >= 0.6 is 0 Å². The van der Waals surface area contributed by atoms with Crippen molar-refractivity contribution in [1.29, 1.82) is 0 Å². The number of ether oxygens (including phenoxy) is 1. The lowest BCUT2D eigenvalue weighted by Gasteiger charge is -2.10. The minimum atomic E-state index is -0.642. The molecule has 0 aromatic carbocycles. The molecule has 0 aliphatic heterocycles. The fourth-order valence-electron chi connectivity index (χ4n) is 0.893. The molecule has 0 saturated carbocycles. The molecule has 5 heteroatoms. The van der Waals surface area contributed by atoms with E-state index >= 15 is 0 Å². The van der Waals surface area contributed by atoms with Crippen LogP contribution in [0.25, 0.3) is 0 Å². The van der Waals surface area contributed by atoms with Crippen LogP contribution in [0.15, 0.2) is 0 Å². The molecule has 1 unspecified atom stereocenters. The SMILES string of the molecule is CCOC(=O)CC(=O)C(C)NC(C)=O. The van der Waals surface area contributed by atoms with Crippen molar-refractivity contribution in [3.05, 3.63) is 0 Å². The Balaban J connectivity index is 3.95. The van der Waals surface area contributed by atoms with Gasteiger partial charge in [0, 0.05) is 6.92 Å². The number of amides is 1. The highest BCUT2D eigenvalue weighted by Crippen LogP contribution is 1.94. The molecule has 0 saturated heterocycles. The first-order valence-corrected chi connectivity index (χ1v) is 4.42. The molecule has 0 radical (unpaired) electrons. The zero-order chi connectivity index (χ0) is 11.1. The predicted octanol–water partition coefficient (Wildman–Crippen LogP) is 0.0333. The lowest BCUT2D eigenvalue weighted by Crippen LogP contribution is -2.38. The quantitative estimate of drug-likeness (QED) is 0.503. The zero-order valence-corrected chi connectivity index (χ0v) is 8.62. The van der Waals surface area contributed by atoms with Gasteiger partial charge < -0.3 is 10.1 Å². The highest BCUT2D eigenvalue weighted by Gasteiger charge is 2.17. The van der Waals surface area contributed by atoms with Crippen molar-refractivity contribution in [1.82, 2.24) is 5.32 Å². The van der Waals surface area contributed by atoms with Gasteiger partial charge in [-0.15, -0.1) is 0 Å². The second-order valence-electron chi connectivity index (χ2n) is 2.87. The van der Waals surface area contributed by atoms with Gasteiger partial charge in [0.1, 0.15) is 6.42 Å². The first-order valence-electron chi connectivity index (χ1n) is 4.42. The molecule has 80 valence electrons. The summed E-state index contributed by atoms with van der Waals surface area (Å²) in [6.45, 7) is 4.76. The van der Waals surface area contributed by atoms with E-state index in [1.54, 1.807) is 6.92 Å². The standard InChI is InChI=1S/C9H15NO4/c1-4-14-9(13)5-8(12)6(2)10-7(3)11/h6H,4-5H2,1-3H3,(H,10,11). The van der Waals surface area contributed by atoms with Crippen LogP contribution in [0.3, 0.4) is 0 Å². The third-order valence-corrected chi connectivity index (χ3v) is 1.53. The lowest BCUT2D eigenvalue weighted by atomic mass is 10.1. The Morgan fingerprint density at radius 3 is 2.36 bits per heavy atom. The number of carbonyl (C=O) groups is 3. The summed E-state index contributed by atoms with van der Waals surface area (Å²) in [6, 6.07) is -0.642. The van der Waals surface area contributed by atoms with Gasteiger partial charge in [-0.3, -0.25) is 14.4 Å². The highest BCUT2D eigenvalue weighted by atomic mass is 16.5. The Labute approximate surface area is 82.8 Å². The average molecular weight is 201 g/mol. The normalized spacial score (nSPS) is 11.6. The van der Waals surface area contributed by atoms with Gasteiger partial charge in [-0.2, -0.15) is 0 Å². The topological polar surface area (TPSA) is 72.5 Å². The maximum Gasteiger partial charge on any atom is 0.313 e. The first kappa shape index (κ1) is 12.6. The van der Waals surface area contributed by atoms with Crippen molar-refractivity contribution in [3.8, 4) is 0 Å². The molecule has 0 fully saturated rings. The average Bonchev–Trinajstić information content (AvgIpc) is 2.02. The van der Waals surface area contributed by atoms with Crippen molar-refractivity contribution in [2.75, 3.05) is 6.61 Å². The van der Waals surface area contributed by atoms with Crippen LogP contribution < -0.4 is 5.32 Å². The number of hydrogen-bond donors (Lipinski definition) is 1. The second-order valence-corrected chi connectivity index (χ2v) is 2.87. The monoisotopic (exact) mass is 201 g/mol.